The van der Waals surface area contributed by atoms with E-state index in [-0.39, 0.29) is 11.4 Å². The van der Waals surface area contributed by atoms with Gasteiger partial charge in [0.25, 0.3) is 0 Å². The van der Waals surface area contributed by atoms with Crippen LogP contribution in [0.3, 0.4) is 0 Å². The fourth-order valence-electron chi connectivity index (χ4n) is 1.25. The van der Waals surface area contributed by atoms with E-state index >= 15 is 0 Å². The molecule has 1 rings (SSSR count). The molecule has 0 atom stereocenters. The van der Waals surface area contributed by atoms with Crippen molar-refractivity contribution >= 4 is 17.5 Å². The van der Waals surface area contributed by atoms with Gasteiger partial charge in [-0.15, -0.1) is 0 Å². The third-order valence-corrected chi connectivity index (χ3v) is 2.22. The van der Waals surface area contributed by atoms with E-state index in [9.17, 15) is 4.79 Å². The first-order valence-electron chi connectivity index (χ1n) is 4.94. The van der Waals surface area contributed by atoms with Crippen LogP contribution in [0.15, 0.2) is 29.8 Å². The lowest BCUT2D eigenvalue weighted by Crippen LogP contribution is -2.07. The van der Waals surface area contributed by atoms with Gasteiger partial charge in [-0.2, -0.15) is 5.26 Å². The van der Waals surface area contributed by atoms with Crippen molar-refractivity contribution in [3.63, 3.8) is 0 Å². The highest BCUT2D eigenvalue weighted by Crippen LogP contribution is 2.14. The second kappa shape index (κ2) is 5.13. The molecule has 0 radical (unpaired) electrons. The molecular weight excluding hydrogens is 200 g/mol. The van der Waals surface area contributed by atoms with Gasteiger partial charge in [0.15, 0.2) is 5.78 Å². The zero-order valence-corrected chi connectivity index (χ0v) is 9.69. The molecule has 1 aromatic rings. The number of carbonyl (C=O) groups is 1. The van der Waals surface area contributed by atoms with Gasteiger partial charge in [0.1, 0.15) is 6.07 Å². The third-order valence-electron chi connectivity index (χ3n) is 2.22. The smallest absolute Gasteiger partial charge is 0.170 e. The van der Waals surface area contributed by atoms with E-state index in [0.29, 0.717) is 0 Å². The Hall–Kier alpha value is -2.08. The summed E-state index contributed by atoms with van der Waals surface area (Å²) in [4.78, 5) is 13.0. The quantitative estimate of drug-likeness (QED) is 0.572. The molecule has 0 amide bonds. The summed E-state index contributed by atoms with van der Waals surface area (Å²) < 4.78 is 0. The van der Waals surface area contributed by atoms with E-state index in [1.165, 1.54) is 6.92 Å². The highest BCUT2D eigenvalue weighted by atomic mass is 16.1. The van der Waals surface area contributed by atoms with E-state index in [1.807, 2.05) is 49.3 Å². The number of ketones is 1. The largest absolute Gasteiger partial charge is 0.378 e. The SMILES string of the molecule is CC(=O)/C(C#N)=C/c1ccc(N(C)C)cc1. The average Bonchev–Trinajstić information content (AvgIpc) is 2.26. The molecule has 0 aliphatic rings. The lowest BCUT2D eigenvalue weighted by atomic mass is 10.1. The number of Topliss-reactive ketones (excluding diaryl/α,β-unsaturated/α-hetero) is 1. The summed E-state index contributed by atoms with van der Waals surface area (Å²) >= 11 is 0. The Morgan fingerprint density at radius 1 is 1.31 bits per heavy atom. The van der Waals surface area contributed by atoms with Crippen LogP contribution in [0.1, 0.15) is 12.5 Å². The normalized spacial score (nSPS) is 10.8. The Labute approximate surface area is 95.6 Å². The number of hydrogen-bond acceptors (Lipinski definition) is 3. The molecule has 0 aliphatic heterocycles. The first-order chi connectivity index (χ1) is 7.54. The molecule has 1 aromatic carbocycles. The van der Waals surface area contributed by atoms with E-state index in [2.05, 4.69) is 0 Å². The topological polar surface area (TPSA) is 44.1 Å². The molecule has 0 saturated carbocycles. The van der Waals surface area contributed by atoms with Crippen molar-refractivity contribution < 1.29 is 4.79 Å². The molecule has 0 N–H and O–H groups in total. The van der Waals surface area contributed by atoms with Crippen LogP contribution in [0.2, 0.25) is 0 Å². The Bertz CT molecular complexity index is 450. The Morgan fingerprint density at radius 2 is 1.88 bits per heavy atom. The van der Waals surface area contributed by atoms with Crippen LogP contribution in [0, 0.1) is 11.3 Å². The molecule has 3 nitrogen and oxygen atoms in total. The monoisotopic (exact) mass is 214 g/mol. The Balaban J connectivity index is 3.00. The fourth-order valence-corrected chi connectivity index (χ4v) is 1.25. The van der Waals surface area contributed by atoms with E-state index < -0.39 is 0 Å². The first-order valence-corrected chi connectivity index (χ1v) is 4.94. The molecule has 0 aliphatic carbocycles. The van der Waals surface area contributed by atoms with Crippen LogP contribution in [-0.2, 0) is 4.79 Å². The maximum atomic E-state index is 11.1. The maximum Gasteiger partial charge on any atom is 0.170 e. The number of allylic oxidation sites excluding steroid dienone is 1. The fraction of sp³-hybridized carbons (Fsp3) is 0.231. The van der Waals surface area contributed by atoms with Crippen LogP contribution in [-0.4, -0.2) is 19.9 Å². The Morgan fingerprint density at radius 3 is 2.25 bits per heavy atom. The second-order valence-corrected chi connectivity index (χ2v) is 3.71. The van der Waals surface area contributed by atoms with E-state index in [4.69, 9.17) is 5.26 Å². The lowest BCUT2D eigenvalue weighted by molar-refractivity contribution is -0.113. The highest BCUT2D eigenvalue weighted by Gasteiger charge is 2.02. The molecule has 3 heteroatoms. The van der Waals surface area contributed by atoms with Gasteiger partial charge in [0.2, 0.25) is 0 Å². The number of nitrogens with zero attached hydrogens (tertiary/aromatic N) is 2. The predicted molar refractivity (Wildman–Crippen MR) is 65.0 cm³/mol. The van der Waals surface area contributed by atoms with Gasteiger partial charge in [-0.25, -0.2) is 0 Å². The van der Waals surface area contributed by atoms with E-state index in [0.717, 1.165) is 11.3 Å². The molecule has 0 spiro atoms. The van der Waals surface area contributed by atoms with Crippen LogP contribution in [0.5, 0.6) is 0 Å². The van der Waals surface area contributed by atoms with E-state index in [1.54, 1.807) is 6.08 Å². The summed E-state index contributed by atoms with van der Waals surface area (Å²) in [6, 6.07) is 9.55. The summed E-state index contributed by atoms with van der Waals surface area (Å²) in [7, 11) is 3.92. The molecule has 0 aromatic heterocycles. The number of rotatable bonds is 3. The van der Waals surface area contributed by atoms with Gasteiger partial charge in [0.05, 0.1) is 5.57 Å². The molecule has 0 saturated heterocycles. The van der Waals surface area contributed by atoms with Crippen molar-refractivity contribution in [1.82, 2.24) is 0 Å². The van der Waals surface area contributed by atoms with Crippen LogP contribution in [0.4, 0.5) is 5.69 Å². The average molecular weight is 214 g/mol. The van der Waals surface area contributed by atoms with Crippen LogP contribution < -0.4 is 4.90 Å². The minimum absolute atomic E-state index is 0.178. The van der Waals surface area contributed by atoms with Crippen molar-refractivity contribution in [3.8, 4) is 6.07 Å². The molecule has 0 heterocycles. The maximum absolute atomic E-state index is 11.1. The minimum atomic E-state index is -0.209. The zero-order chi connectivity index (χ0) is 12.1. The van der Waals surface area contributed by atoms with Crippen LogP contribution >= 0.6 is 0 Å². The van der Waals surface area contributed by atoms with Crippen LogP contribution in [0.25, 0.3) is 6.08 Å². The number of hydrogen-bond donors (Lipinski definition) is 0. The number of anilines is 1. The zero-order valence-electron chi connectivity index (χ0n) is 9.69. The predicted octanol–water partition coefficient (Wildman–Crippen LogP) is 2.25. The van der Waals surface area contributed by atoms with Crippen molar-refractivity contribution in [2.24, 2.45) is 0 Å². The van der Waals surface area contributed by atoms with Gasteiger partial charge < -0.3 is 4.90 Å². The third kappa shape index (κ3) is 2.96. The van der Waals surface area contributed by atoms with Gasteiger partial charge in [0, 0.05) is 19.8 Å². The summed E-state index contributed by atoms with van der Waals surface area (Å²) in [5, 5.41) is 8.75. The standard InChI is InChI=1S/C13H14N2O/c1-10(16)12(9-14)8-11-4-6-13(7-5-11)15(2)3/h4-8H,1-3H3/b12-8+. The van der Waals surface area contributed by atoms with Crippen molar-refractivity contribution in [2.45, 2.75) is 6.92 Å². The lowest BCUT2D eigenvalue weighted by Gasteiger charge is -2.11. The van der Waals surface area contributed by atoms with Crippen molar-refractivity contribution in [2.75, 3.05) is 19.0 Å². The molecule has 0 unspecified atom stereocenters. The van der Waals surface area contributed by atoms with Gasteiger partial charge in [-0.05, 0) is 30.7 Å². The second-order valence-electron chi connectivity index (χ2n) is 3.71. The first kappa shape index (κ1) is 12.0. The summed E-state index contributed by atoms with van der Waals surface area (Å²) in [5.41, 5.74) is 2.12. The van der Waals surface area contributed by atoms with Gasteiger partial charge >= 0.3 is 0 Å². The van der Waals surface area contributed by atoms with Crippen molar-refractivity contribution in [1.29, 1.82) is 5.26 Å². The molecular formula is C13H14N2O. The molecule has 0 bridgehead atoms. The molecule has 0 fully saturated rings. The highest BCUT2D eigenvalue weighted by molar-refractivity contribution is 6.01. The number of carbonyl (C=O) groups excluding carboxylic acids is 1. The summed E-state index contributed by atoms with van der Waals surface area (Å²) in [5.74, 6) is -0.209. The number of benzene rings is 1. The number of nitriles is 1. The summed E-state index contributed by atoms with van der Waals surface area (Å²) in [6.45, 7) is 1.39. The van der Waals surface area contributed by atoms with Gasteiger partial charge in [-0.3, -0.25) is 4.79 Å². The Kier molecular flexibility index (Phi) is 3.84. The van der Waals surface area contributed by atoms with Gasteiger partial charge in [-0.1, -0.05) is 12.1 Å². The molecule has 16 heavy (non-hydrogen) atoms. The minimum Gasteiger partial charge on any atom is -0.378 e. The van der Waals surface area contributed by atoms with Crippen molar-refractivity contribution in [3.05, 3.63) is 35.4 Å². The summed E-state index contributed by atoms with van der Waals surface area (Å²) in [6.07, 6.45) is 1.60. The molecule has 82 valence electrons.